The number of halogens is 5. The van der Waals surface area contributed by atoms with Crippen molar-refractivity contribution in [1.29, 1.82) is 0 Å². The molecule has 0 aliphatic carbocycles. The molecule has 1 aromatic rings. The minimum Gasteiger partial charge on any atom is -0.491 e. The molecule has 96 valence electrons. The summed E-state index contributed by atoms with van der Waals surface area (Å²) >= 11 is 11.5. The highest BCUT2D eigenvalue weighted by molar-refractivity contribution is 6.34. The van der Waals surface area contributed by atoms with E-state index < -0.39 is 12.7 Å². The van der Waals surface area contributed by atoms with Crippen molar-refractivity contribution >= 4 is 23.2 Å². The molecule has 1 rings (SSSR count). The highest BCUT2D eigenvalue weighted by Gasteiger charge is 2.25. The topological polar surface area (TPSA) is 21.3 Å². The van der Waals surface area contributed by atoms with E-state index in [1.54, 1.807) is 12.1 Å². The van der Waals surface area contributed by atoms with Crippen molar-refractivity contribution in [1.82, 2.24) is 5.32 Å². The van der Waals surface area contributed by atoms with Crippen LogP contribution in [-0.2, 0) is 0 Å². The monoisotopic (exact) mass is 287 g/mol. The van der Waals surface area contributed by atoms with Crippen LogP contribution in [0.5, 0.6) is 5.75 Å². The Morgan fingerprint density at radius 1 is 1.24 bits per heavy atom. The van der Waals surface area contributed by atoms with Gasteiger partial charge in [-0.3, -0.25) is 0 Å². The summed E-state index contributed by atoms with van der Waals surface area (Å²) in [5.74, 6) is 0.355. The van der Waals surface area contributed by atoms with E-state index in [0.29, 0.717) is 15.8 Å². The summed E-state index contributed by atoms with van der Waals surface area (Å²) < 4.78 is 40.5. The van der Waals surface area contributed by atoms with Crippen LogP contribution in [0.4, 0.5) is 13.2 Å². The molecule has 0 unspecified atom stereocenters. The van der Waals surface area contributed by atoms with Crippen LogP contribution in [0.1, 0.15) is 0 Å². The van der Waals surface area contributed by atoms with E-state index in [0.717, 1.165) is 0 Å². The zero-order valence-electron chi connectivity index (χ0n) is 8.65. The largest absolute Gasteiger partial charge is 0.491 e. The predicted molar refractivity (Wildman–Crippen MR) is 60.9 cm³/mol. The second-order valence-electron chi connectivity index (χ2n) is 3.22. The Hall–Kier alpha value is -0.650. The number of ether oxygens (including phenoxy) is 1. The van der Waals surface area contributed by atoms with Gasteiger partial charge in [-0.05, 0) is 12.1 Å². The lowest BCUT2D eigenvalue weighted by atomic mass is 10.3. The molecular formula is C10H10Cl2F3NO. The summed E-state index contributed by atoms with van der Waals surface area (Å²) in [4.78, 5) is 0. The minimum absolute atomic E-state index is 0.0718. The van der Waals surface area contributed by atoms with Gasteiger partial charge in [0.2, 0.25) is 0 Å². The lowest BCUT2D eigenvalue weighted by Gasteiger charge is -2.10. The summed E-state index contributed by atoms with van der Waals surface area (Å²) in [5, 5.41) is 3.02. The standard InChI is InChI=1S/C10H10Cl2F3NO/c11-7-1-2-8(12)9(5-7)17-4-3-16-6-10(13,14)15/h1-2,5,16H,3-4,6H2. The van der Waals surface area contributed by atoms with Crippen molar-refractivity contribution in [3.63, 3.8) is 0 Å². The quantitative estimate of drug-likeness (QED) is 0.837. The molecule has 0 heterocycles. The molecule has 17 heavy (non-hydrogen) atoms. The van der Waals surface area contributed by atoms with Gasteiger partial charge >= 0.3 is 6.18 Å². The van der Waals surface area contributed by atoms with Gasteiger partial charge in [0.1, 0.15) is 12.4 Å². The third kappa shape index (κ3) is 6.00. The Labute approximate surface area is 107 Å². The van der Waals surface area contributed by atoms with Gasteiger partial charge in [0.05, 0.1) is 11.6 Å². The second-order valence-corrected chi connectivity index (χ2v) is 4.06. The van der Waals surface area contributed by atoms with Gasteiger partial charge in [0.25, 0.3) is 0 Å². The molecule has 0 spiro atoms. The first-order valence-electron chi connectivity index (χ1n) is 4.74. The van der Waals surface area contributed by atoms with Crippen molar-refractivity contribution < 1.29 is 17.9 Å². The molecule has 1 aromatic carbocycles. The van der Waals surface area contributed by atoms with Gasteiger partial charge in [0.15, 0.2) is 0 Å². The van der Waals surface area contributed by atoms with Crippen LogP contribution in [0.3, 0.4) is 0 Å². The normalized spacial score (nSPS) is 11.6. The fraction of sp³-hybridized carbons (Fsp3) is 0.400. The fourth-order valence-electron chi connectivity index (χ4n) is 1.05. The Kier molecular flexibility index (Phi) is 5.36. The van der Waals surface area contributed by atoms with Crippen LogP contribution < -0.4 is 10.1 Å². The number of hydrogen-bond donors (Lipinski definition) is 1. The van der Waals surface area contributed by atoms with E-state index in [1.165, 1.54) is 6.07 Å². The first-order valence-corrected chi connectivity index (χ1v) is 5.49. The maximum absolute atomic E-state index is 11.8. The maximum atomic E-state index is 11.8. The summed E-state index contributed by atoms with van der Waals surface area (Å²) in [6, 6.07) is 4.66. The number of nitrogens with one attached hydrogen (secondary N) is 1. The van der Waals surface area contributed by atoms with Gasteiger partial charge in [-0.2, -0.15) is 13.2 Å². The van der Waals surface area contributed by atoms with Crippen molar-refractivity contribution in [3.05, 3.63) is 28.2 Å². The van der Waals surface area contributed by atoms with E-state index in [-0.39, 0.29) is 13.2 Å². The number of rotatable bonds is 5. The molecule has 1 N–H and O–H groups in total. The number of benzene rings is 1. The molecule has 0 aliphatic heterocycles. The molecule has 0 amide bonds. The van der Waals surface area contributed by atoms with Crippen LogP contribution in [0, 0.1) is 0 Å². The zero-order chi connectivity index (χ0) is 12.9. The van der Waals surface area contributed by atoms with Crippen molar-refractivity contribution in [2.24, 2.45) is 0 Å². The zero-order valence-corrected chi connectivity index (χ0v) is 10.2. The first kappa shape index (κ1) is 14.4. The van der Waals surface area contributed by atoms with Crippen LogP contribution in [0.2, 0.25) is 10.0 Å². The molecule has 0 fully saturated rings. The van der Waals surface area contributed by atoms with Crippen LogP contribution in [0.15, 0.2) is 18.2 Å². The SMILES string of the molecule is FC(F)(F)CNCCOc1cc(Cl)ccc1Cl. The van der Waals surface area contributed by atoms with Gasteiger partial charge in [-0.25, -0.2) is 0 Å². The summed E-state index contributed by atoms with van der Waals surface area (Å²) in [6.07, 6.45) is -4.21. The molecule has 0 radical (unpaired) electrons. The van der Waals surface area contributed by atoms with Crippen LogP contribution in [-0.4, -0.2) is 25.9 Å². The smallest absolute Gasteiger partial charge is 0.401 e. The van der Waals surface area contributed by atoms with E-state index in [4.69, 9.17) is 27.9 Å². The summed E-state index contributed by atoms with van der Waals surface area (Å²) in [5.41, 5.74) is 0. The minimum atomic E-state index is -4.21. The maximum Gasteiger partial charge on any atom is 0.401 e. The van der Waals surface area contributed by atoms with E-state index in [9.17, 15) is 13.2 Å². The fourth-order valence-corrected chi connectivity index (χ4v) is 1.39. The van der Waals surface area contributed by atoms with Gasteiger partial charge < -0.3 is 10.1 Å². The molecule has 0 saturated heterocycles. The van der Waals surface area contributed by atoms with Crippen LogP contribution >= 0.6 is 23.2 Å². The molecule has 0 bridgehead atoms. The molecule has 0 atom stereocenters. The third-order valence-corrected chi connectivity index (χ3v) is 2.30. The molecule has 2 nitrogen and oxygen atoms in total. The average Bonchev–Trinajstić information content (AvgIpc) is 2.21. The van der Waals surface area contributed by atoms with Crippen LogP contribution in [0.25, 0.3) is 0 Å². The van der Waals surface area contributed by atoms with E-state index in [1.807, 2.05) is 0 Å². The van der Waals surface area contributed by atoms with Gasteiger partial charge in [0, 0.05) is 17.6 Å². The molecule has 7 heteroatoms. The lowest BCUT2D eigenvalue weighted by Crippen LogP contribution is -2.31. The lowest BCUT2D eigenvalue weighted by molar-refractivity contribution is -0.124. The number of hydrogen-bond acceptors (Lipinski definition) is 2. The third-order valence-electron chi connectivity index (χ3n) is 1.76. The summed E-state index contributed by atoms with van der Waals surface area (Å²) in [6.45, 7) is -0.891. The Bertz CT molecular complexity index is 371. The van der Waals surface area contributed by atoms with Crippen molar-refractivity contribution in [3.8, 4) is 5.75 Å². The van der Waals surface area contributed by atoms with Gasteiger partial charge in [-0.15, -0.1) is 0 Å². The Balaban J connectivity index is 2.29. The number of alkyl halides is 3. The first-order chi connectivity index (χ1) is 7.88. The highest BCUT2D eigenvalue weighted by Crippen LogP contribution is 2.27. The van der Waals surface area contributed by atoms with Crippen molar-refractivity contribution in [2.75, 3.05) is 19.7 Å². The van der Waals surface area contributed by atoms with Crippen molar-refractivity contribution in [2.45, 2.75) is 6.18 Å². The Morgan fingerprint density at radius 3 is 2.59 bits per heavy atom. The summed E-state index contributed by atoms with van der Waals surface area (Å²) in [7, 11) is 0. The molecular weight excluding hydrogens is 278 g/mol. The van der Waals surface area contributed by atoms with E-state index in [2.05, 4.69) is 5.32 Å². The molecule has 0 aliphatic rings. The average molecular weight is 288 g/mol. The highest BCUT2D eigenvalue weighted by atomic mass is 35.5. The van der Waals surface area contributed by atoms with Gasteiger partial charge in [-0.1, -0.05) is 23.2 Å². The predicted octanol–water partition coefficient (Wildman–Crippen LogP) is 3.52. The molecule has 0 aromatic heterocycles. The molecule has 0 saturated carbocycles. The Morgan fingerprint density at radius 2 is 1.94 bits per heavy atom. The second kappa shape index (κ2) is 6.33. The van der Waals surface area contributed by atoms with E-state index >= 15 is 0 Å².